The first-order valence-electron chi connectivity index (χ1n) is 18.0. The molecular weight excluding hydrogens is 689 g/mol. The molecule has 3 aromatic carbocycles. The minimum Gasteiger partial charge on any atom is -0.483 e. The van der Waals surface area contributed by atoms with Crippen LogP contribution >= 0.6 is 0 Å². The second-order valence-electron chi connectivity index (χ2n) is 13.9. The Morgan fingerprint density at radius 2 is 1.40 bits per heavy atom. The van der Waals surface area contributed by atoms with Crippen LogP contribution in [-0.2, 0) is 6.42 Å². The molecule has 274 valence electrons. The summed E-state index contributed by atoms with van der Waals surface area (Å²) < 4.78 is 12.4. The third-order valence-electron chi connectivity index (χ3n) is 9.19. The Morgan fingerprint density at radius 1 is 0.709 bits per heavy atom. The molecule has 55 heavy (non-hydrogen) atoms. The summed E-state index contributed by atoms with van der Waals surface area (Å²) >= 11 is 0. The number of hydrogen-bond donors (Lipinski definition) is 4. The van der Waals surface area contributed by atoms with Gasteiger partial charge in [-0.1, -0.05) is 24.3 Å². The molecule has 0 aliphatic heterocycles. The van der Waals surface area contributed by atoms with Crippen LogP contribution in [0.15, 0.2) is 122 Å². The first kappa shape index (κ1) is 35.0. The van der Waals surface area contributed by atoms with E-state index in [9.17, 15) is 0 Å². The topological polar surface area (TPSA) is 151 Å². The molecule has 7 aromatic rings. The van der Waals surface area contributed by atoms with Crippen molar-refractivity contribution in [3.63, 3.8) is 0 Å². The molecule has 4 aromatic heterocycles. The lowest BCUT2D eigenvalue weighted by molar-refractivity contribution is 0.143. The van der Waals surface area contributed by atoms with Gasteiger partial charge in [0, 0.05) is 65.7 Å². The lowest BCUT2D eigenvalue weighted by Gasteiger charge is -2.29. The highest BCUT2D eigenvalue weighted by Gasteiger charge is 2.26. The fourth-order valence-electron chi connectivity index (χ4n) is 6.41. The maximum atomic E-state index is 6.55. The number of hydrogen-bond acceptors (Lipinski definition) is 10. The van der Waals surface area contributed by atoms with Crippen LogP contribution in [0.4, 0.5) is 23.3 Å². The highest BCUT2D eigenvalue weighted by molar-refractivity contribution is 5.72. The van der Waals surface area contributed by atoms with E-state index in [1.165, 1.54) is 11.1 Å². The van der Waals surface area contributed by atoms with Gasteiger partial charge in [-0.2, -0.15) is 9.97 Å². The van der Waals surface area contributed by atoms with Crippen LogP contribution in [0.2, 0.25) is 0 Å². The van der Waals surface area contributed by atoms with Crippen LogP contribution in [-0.4, -0.2) is 45.9 Å². The molecule has 0 radical (unpaired) electrons. The third kappa shape index (κ3) is 8.60. The Balaban J connectivity index is 0.880. The Labute approximate surface area is 318 Å². The molecule has 0 fully saturated rings. The van der Waals surface area contributed by atoms with E-state index in [0.717, 1.165) is 56.6 Å². The normalized spacial score (nSPS) is 15.0. The molecule has 1 aliphatic rings. The van der Waals surface area contributed by atoms with Gasteiger partial charge in [0.1, 0.15) is 22.8 Å². The predicted molar refractivity (Wildman–Crippen MR) is 214 cm³/mol. The lowest BCUT2D eigenvalue weighted by atomic mass is 9.93. The molecular formula is C43H40N10O2. The van der Waals surface area contributed by atoms with E-state index in [0.29, 0.717) is 36.4 Å². The molecule has 4 heterocycles. The minimum atomic E-state index is -0.534. The largest absolute Gasteiger partial charge is 0.483 e. The number of rotatable bonds is 12. The van der Waals surface area contributed by atoms with Crippen LogP contribution in [0.25, 0.3) is 17.0 Å². The van der Waals surface area contributed by atoms with Crippen molar-refractivity contribution in [1.29, 1.82) is 0 Å². The summed E-state index contributed by atoms with van der Waals surface area (Å²) in [5.41, 5.74) is 8.70. The molecule has 1 aliphatic carbocycles. The summed E-state index contributed by atoms with van der Waals surface area (Å²) in [6.07, 6.45) is 12.7. The number of anilines is 4. The molecule has 8 rings (SSSR count). The van der Waals surface area contributed by atoms with Gasteiger partial charge in [-0.25, -0.2) is 0 Å². The highest BCUT2D eigenvalue weighted by atomic mass is 16.5. The van der Waals surface area contributed by atoms with E-state index >= 15 is 0 Å². The quantitative estimate of drug-likeness (QED) is 0.0958. The van der Waals surface area contributed by atoms with E-state index in [1.54, 1.807) is 18.6 Å². The van der Waals surface area contributed by atoms with Gasteiger partial charge in [-0.3, -0.25) is 20.2 Å². The zero-order valence-corrected chi connectivity index (χ0v) is 31.0. The van der Waals surface area contributed by atoms with Gasteiger partial charge >= 0.3 is 0 Å². The Hall–Kier alpha value is -7.08. The molecule has 1 unspecified atom stereocenters. The van der Waals surface area contributed by atoms with Crippen molar-refractivity contribution in [3.8, 4) is 28.6 Å². The standard InChI is InChI=1S/C43H40N10O2/c1-27-21-28(2)23-35(22-27)47-42-49-40(51-53-42)31-11-16-43(4,17-12-31)55-38-15-20-45-34(26-38)25-32-24-33(8-5-29(32)3)46-41-48-39(50-52-41)30-6-9-36(10-7-30)54-37-13-18-44-19-14-37/h5-16,18-24,26H,17,25H2,1-4H3,(H2,46,48,50,52)(H2,47,49,51,53). The number of allylic oxidation sites excluding steroid dienone is 2. The van der Waals surface area contributed by atoms with Gasteiger partial charge in [0.25, 0.3) is 0 Å². The second-order valence-corrected chi connectivity index (χ2v) is 13.9. The smallest absolute Gasteiger partial charge is 0.246 e. The van der Waals surface area contributed by atoms with Gasteiger partial charge in [-0.05, 0) is 123 Å². The van der Waals surface area contributed by atoms with Gasteiger partial charge in [0.05, 0.1) is 0 Å². The molecule has 4 N–H and O–H groups in total. The molecule has 0 saturated carbocycles. The summed E-state index contributed by atoms with van der Waals surface area (Å²) in [6.45, 7) is 8.32. The number of H-pyrrole nitrogens is 2. The third-order valence-corrected chi connectivity index (χ3v) is 9.19. The van der Waals surface area contributed by atoms with Crippen molar-refractivity contribution in [3.05, 3.63) is 156 Å². The van der Waals surface area contributed by atoms with Crippen molar-refractivity contribution in [2.24, 2.45) is 0 Å². The van der Waals surface area contributed by atoms with Gasteiger partial charge < -0.3 is 20.1 Å². The van der Waals surface area contributed by atoms with Crippen molar-refractivity contribution in [2.45, 2.75) is 46.1 Å². The molecule has 1 atom stereocenters. The number of aromatic nitrogens is 8. The highest BCUT2D eigenvalue weighted by Crippen LogP contribution is 2.31. The van der Waals surface area contributed by atoms with Gasteiger partial charge in [-0.15, -0.1) is 10.2 Å². The van der Waals surface area contributed by atoms with E-state index in [-0.39, 0.29) is 0 Å². The first-order chi connectivity index (χ1) is 26.7. The summed E-state index contributed by atoms with van der Waals surface area (Å²) in [6, 6.07) is 27.7. The van der Waals surface area contributed by atoms with Gasteiger partial charge in [0.2, 0.25) is 11.9 Å². The number of ether oxygens (including phenoxy) is 2. The SMILES string of the molecule is Cc1cc(C)cc(Nc2n[nH]c(C3=CCC(C)(Oc4ccnc(Cc5cc(Nc6n[nH]c(-c7ccc(Oc8ccncc8)cc7)n6)ccc5C)c4)C=C3)n2)c1. The number of nitrogens with zero attached hydrogens (tertiary/aromatic N) is 6. The molecule has 0 saturated heterocycles. The number of pyridine rings is 2. The van der Waals surface area contributed by atoms with Crippen LogP contribution in [0.3, 0.4) is 0 Å². The molecule has 12 nitrogen and oxygen atoms in total. The summed E-state index contributed by atoms with van der Waals surface area (Å²) in [4.78, 5) is 18.0. The number of aryl methyl sites for hydroxylation is 3. The Bertz CT molecular complexity index is 2490. The molecule has 0 bridgehead atoms. The lowest BCUT2D eigenvalue weighted by Crippen LogP contribution is -2.30. The number of aromatic amines is 2. The van der Waals surface area contributed by atoms with E-state index < -0.39 is 5.60 Å². The van der Waals surface area contributed by atoms with E-state index in [1.807, 2.05) is 60.7 Å². The zero-order valence-electron chi connectivity index (χ0n) is 31.0. The average Bonchev–Trinajstić information content (AvgIpc) is 3.84. The van der Waals surface area contributed by atoms with Gasteiger partial charge in [0.15, 0.2) is 11.6 Å². The van der Waals surface area contributed by atoms with Crippen molar-refractivity contribution in [1.82, 2.24) is 40.3 Å². The van der Waals surface area contributed by atoms with Crippen LogP contribution in [0.1, 0.15) is 47.1 Å². The monoisotopic (exact) mass is 728 g/mol. The van der Waals surface area contributed by atoms with Crippen LogP contribution in [0.5, 0.6) is 17.2 Å². The maximum absolute atomic E-state index is 6.55. The maximum Gasteiger partial charge on any atom is 0.246 e. The second kappa shape index (κ2) is 15.1. The molecule has 0 spiro atoms. The van der Waals surface area contributed by atoms with Crippen LogP contribution in [0, 0.1) is 20.8 Å². The summed E-state index contributed by atoms with van der Waals surface area (Å²) in [5, 5.41) is 21.5. The van der Waals surface area contributed by atoms with Crippen LogP contribution < -0.4 is 20.1 Å². The van der Waals surface area contributed by atoms with Crippen molar-refractivity contribution >= 4 is 28.8 Å². The van der Waals surface area contributed by atoms with Crippen molar-refractivity contribution in [2.75, 3.05) is 10.6 Å². The first-order valence-corrected chi connectivity index (χ1v) is 18.0. The van der Waals surface area contributed by atoms with Crippen molar-refractivity contribution < 1.29 is 9.47 Å². The van der Waals surface area contributed by atoms with E-state index in [4.69, 9.17) is 9.47 Å². The minimum absolute atomic E-state index is 0.471. The fraction of sp³-hybridized carbons (Fsp3) is 0.163. The van der Waals surface area contributed by atoms with E-state index in [2.05, 4.69) is 121 Å². The molecule has 0 amide bonds. The average molecular weight is 729 g/mol. The Kier molecular flexibility index (Phi) is 9.61. The number of benzene rings is 3. The zero-order chi connectivity index (χ0) is 37.8. The Morgan fingerprint density at radius 3 is 2.15 bits per heavy atom. The summed E-state index contributed by atoms with van der Waals surface area (Å²) in [7, 11) is 0. The predicted octanol–water partition coefficient (Wildman–Crippen LogP) is 9.36. The fourth-order valence-corrected chi connectivity index (χ4v) is 6.41. The number of nitrogens with one attached hydrogen (secondary N) is 4. The molecule has 12 heteroatoms. The summed E-state index contributed by atoms with van der Waals surface area (Å²) in [5.74, 6) is 4.54.